The third-order valence-corrected chi connectivity index (χ3v) is 4.87. The minimum atomic E-state index is -0.298. The van der Waals surface area contributed by atoms with Crippen LogP contribution in [0, 0.1) is 11.8 Å². The quantitative estimate of drug-likeness (QED) is 0.707. The number of hydrogen-bond acceptors (Lipinski definition) is 4. The number of hydrogen-bond donors (Lipinski definition) is 3. The summed E-state index contributed by atoms with van der Waals surface area (Å²) < 4.78 is 0. The van der Waals surface area contributed by atoms with E-state index in [2.05, 4.69) is 22.9 Å². The molecule has 2 saturated heterocycles. The summed E-state index contributed by atoms with van der Waals surface area (Å²) in [5, 5.41) is 8.74. The van der Waals surface area contributed by atoms with E-state index in [0.717, 1.165) is 25.1 Å². The maximum Gasteiger partial charge on any atom is 0.251 e. The molecule has 0 bridgehead atoms. The molecule has 2 aliphatic rings. The van der Waals surface area contributed by atoms with Crippen molar-refractivity contribution < 1.29 is 14.4 Å². The van der Waals surface area contributed by atoms with Gasteiger partial charge < -0.3 is 10.6 Å². The lowest BCUT2D eigenvalue weighted by Crippen LogP contribution is -2.48. The van der Waals surface area contributed by atoms with Crippen molar-refractivity contribution >= 4 is 17.7 Å². The van der Waals surface area contributed by atoms with Crippen LogP contribution in [0.2, 0.25) is 0 Å². The molecule has 1 aromatic rings. The van der Waals surface area contributed by atoms with Crippen LogP contribution in [0.5, 0.6) is 0 Å². The van der Waals surface area contributed by atoms with Gasteiger partial charge >= 0.3 is 0 Å². The molecule has 1 aromatic carbocycles. The van der Waals surface area contributed by atoms with Crippen LogP contribution in [0.15, 0.2) is 24.3 Å². The van der Waals surface area contributed by atoms with E-state index in [0.29, 0.717) is 17.9 Å². The van der Waals surface area contributed by atoms with E-state index >= 15 is 0 Å². The molecule has 0 radical (unpaired) electrons. The predicted octanol–water partition coefficient (Wildman–Crippen LogP) is 0.620. The van der Waals surface area contributed by atoms with E-state index in [1.165, 1.54) is 0 Å². The second-order valence-electron chi connectivity index (χ2n) is 6.76. The molecule has 3 atom stereocenters. The van der Waals surface area contributed by atoms with E-state index in [9.17, 15) is 14.4 Å². The number of piperidine rings is 1. The summed E-state index contributed by atoms with van der Waals surface area (Å²) in [5.41, 5.74) is 1.58. The number of amides is 3. The van der Waals surface area contributed by atoms with Gasteiger partial charge in [-0.3, -0.25) is 19.7 Å². The standard InChI is InChI=1S/C18H23N3O3/c1-11-10-19-7-6-15(11)20-17(23)13-4-2-12(3-5-13)8-14-9-16(22)21-18(14)24/h2-5,11,14-15,19H,6-10H2,1H3,(H,20,23)(H,21,22,24). The number of nitrogens with one attached hydrogen (secondary N) is 3. The highest BCUT2D eigenvalue weighted by Crippen LogP contribution is 2.18. The molecular formula is C18H23N3O3. The average molecular weight is 329 g/mol. The van der Waals surface area contributed by atoms with E-state index in [4.69, 9.17) is 0 Å². The van der Waals surface area contributed by atoms with E-state index < -0.39 is 0 Å². The Kier molecular flexibility index (Phi) is 4.94. The van der Waals surface area contributed by atoms with Gasteiger partial charge in [0, 0.05) is 18.0 Å². The molecule has 3 unspecified atom stereocenters. The van der Waals surface area contributed by atoms with Crippen molar-refractivity contribution in [1.82, 2.24) is 16.0 Å². The maximum absolute atomic E-state index is 12.4. The zero-order valence-electron chi connectivity index (χ0n) is 13.8. The molecule has 2 fully saturated rings. The number of carbonyl (C=O) groups excluding carboxylic acids is 3. The van der Waals surface area contributed by atoms with Crippen molar-refractivity contribution in [3.05, 3.63) is 35.4 Å². The third kappa shape index (κ3) is 3.82. The second kappa shape index (κ2) is 7.13. The van der Waals surface area contributed by atoms with Crippen LogP contribution in [-0.4, -0.2) is 36.9 Å². The molecule has 6 nitrogen and oxygen atoms in total. The fraction of sp³-hybridized carbons (Fsp3) is 0.500. The molecule has 128 valence electrons. The van der Waals surface area contributed by atoms with E-state index in [-0.39, 0.29) is 36.1 Å². The molecule has 24 heavy (non-hydrogen) atoms. The smallest absolute Gasteiger partial charge is 0.251 e. The predicted molar refractivity (Wildman–Crippen MR) is 89.3 cm³/mol. The Morgan fingerprint density at radius 2 is 2.00 bits per heavy atom. The lowest BCUT2D eigenvalue weighted by molar-refractivity contribution is -0.125. The van der Waals surface area contributed by atoms with Gasteiger partial charge in [0.15, 0.2) is 0 Å². The Morgan fingerprint density at radius 1 is 1.25 bits per heavy atom. The summed E-state index contributed by atoms with van der Waals surface area (Å²) in [7, 11) is 0. The number of carbonyl (C=O) groups is 3. The maximum atomic E-state index is 12.4. The fourth-order valence-electron chi connectivity index (χ4n) is 3.33. The Bertz CT molecular complexity index is 641. The molecule has 6 heteroatoms. The van der Waals surface area contributed by atoms with Crippen molar-refractivity contribution in [1.29, 1.82) is 0 Å². The van der Waals surface area contributed by atoms with Gasteiger partial charge in [-0.25, -0.2) is 0 Å². The highest BCUT2D eigenvalue weighted by Gasteiger charge is 2.30. The SMILES string of the molecule is CC1CNCCC1NC(=O)c1ccc(CC2CC(=O)NC2=O)cc1. The monoisotopic (exact) mass is 329 g/mol. The van der Waals surface area contributed by atoms with Crippen LogP contribution in [0.25, 0.3) is 0 Å². The first-order valence-electron chi connectivity index (χ1n) is 8.47. The molecule has 3 amide bonds. The molecule has 0 spiro atoms. The molecule has 0 aliphatic carbocycles. The van der Waals surface area contributed by atoms with Crippen molar-refractivity contribution in [3.63, 3.8) is 0 Å². The zero-order chi connectivity index (χ0) is 17.1. The molecule has 3 N–H and O–H groups in total. The summed E-state index contributed by atoms with van der Waals surface area (Å²) in [4.78, 5) is 35.2. The molecule has 2 aliphatic heterocycles. The lowest BCUT2D eigenvalue weighted by Gasteiger charge is -2.30. The van der Waals surface area contributed by atoms with Crippen molar-refractivity contribution in [2.75, 3.05) is 13.1 Å². The second-order valence-corrected chi connectivity index (χ2v) is 6.76. The van der Waals surface area contributed by atoms with Gasteiger partial charge in [-0.1, -0.05) is 19.1 Å². The lowest BCUT2D eigenvalue weighted by atomic mass is 9.94. The van der Waals surface area contributed by atoms with Crippen LogP contribution >= 0.6 is 0 Å². The van der Waals surface area contributed by atoms with Gasteiger partial charge in [-0.05, 0) is 49.5 Å². The summed E-state index contributed by atoms with van der Waals surface area (Å²) in [6.45, 7) is 3.98. The topological polar surface area (TPSA) is 87.3 Å². The normalized spacial score (nSPS) is 27.0. The number of imide groups is 1. The van der Waals surface area contributed by atoms with Gasteiger partial charge in [0.2, 0.25) is 11.8 Å². The van der Waals surface area contributed by atoms with Gasteiger partial charge in [-0.2, -0.15) is 0 Å². The number of benzene rings is 1. The van der Waals surface area contributed by atoms with Crippen molar-refractivity contribution in [2.24, 2.45) is 11.8 Å². The Balaban J connectivity index is 1.58. The highest BCUT2D eigenvalue weighted by molar-refractivity contribution is 6.03. The van der Waals surface area contributed by atoms with Crippen molar-refractivity contribution in [3.8, 4) is 0 Å². The van der Waals surface area contributed by atoms with Gasteiger partial charge in [0.25, 0.3) is 5.91 Å². The largest absolute Gasteiger partial charge is 0.349 e. The third-order valence-electron chi connectivity index (χ3n) is 4.87. The molecule has 2 heterocycles. The Hall–Kier alpha value is -2.21. The van der Waals surface area contributed by atoms with Crippen LogP contribution in [0.4, 0.5) is 0 Å². The zero-order valence-corrected chi connectivity index (χ0v) is 13.8. The highest BCUT2D eigenvalue weighted by atomic mass is 16.2. The Morgan fingerprint density at radius 3 is 2.62 bits per heavy atom. The average Bonchev–Trinajstić information content (AvgIpc) is 2.88. The van der Waals surface area contributed by atoms with Crippen LogP contribution in [0.3, 0.4) is 0 Å². The molecule has 0 aromatic heterocycles. The first-order chi connectivity index (χ1) is 11.5. The fourth-order valence-corrected chi connectivity index (χ4v) is 3.33. The van der Waals surface area contributed by atoms with Gasteiger partial charge in [0.05, 0.1) is 5.92 Å². The number of rotatable bonds is 4. The summed E-state index contributed by atoms with van der Waals surface area (Å²) in [6.07, 6.45) is 1.70. The van der Waals surface area contributed by atoms with Crippen LogP contribution < -0.4 is 16.0 Å². The van der Waals surface area contributed by atoms with E-state index in [1.807, 2.05) is 12.1 Å². The minimum absolute atomic E-state index is 0.0610. The first-order valence-corrected chi connectivity index (χ1v) is 8.47. The minimum Gasteiger partial charge on any atom is -0.349 e. The van der Waals surface area contributed by atoms with Crippen molar-refractivity contribution in [2.45, 2.75) is 32.2 Å². The summed E-state index contributed by atoms with van der Waals surface area (Å²) in [6, 6.07) is 7.48. The Labute approximate surface area is 141 Å². The van der Waals surface area contributed by atoms with Gasteiger partial charge in [-0.15, -0.1) is 0 Å². The van der Waals surface area contributed by atoms with Gasteiger partial charge in [0.1, 0.15) is 0 Å². The van der Waals surface area contributed by atoms with Crippen LogP contribution in [0.1, 0.15) is 35.7 Å². The summed E-state index contributed by atoms with van der Waals surface area (Å²) >= 11 is 0. The van der Waals surface area contributed by atoms with Crippen LogP contribution in [-0.2, 0) is 16.0 Å². The summed E-state index contributed by atoms with van der Waals surface area (Å²) in [5.74, 6) is -0.360. The first kappa shape index (κ1) is 16.6. The molecule has 3 rings (SSSR count). The molecule has 0 saturated carbocycles. The van der Waals surface area contributed by atoms with E-state index in [1.54, 1.807) is 12.1 Å². The molecular weight excluding hydrogens is 306 g/mol.